The van der Waals surface area contributed by atoms with Crippen molar-refractivity contribution < 1.29 is 4.79 Å². The van der Waals surface area contributed by atoms with Gasteiger partial charge in [0.15, 0.2) is 5.15 Å². The molecule has 0 radical (unpaired) electrons. The van der Waals surface area contributed by atoms with Crippen LogP contribution in [0.15, 0.2) is 24.8 Å². The van der Waals surface area contributed by atoms with E-state index in [2.05, 4.69) is 16.9 Å². The highest BCUT2D eigenvalue weighted by Crippen LogP contribution is 2.23. The highest BCUT2D eigenvalue weighted by Gasteiger charge is 2.22. The van der Waals surface area contributed by atoms with E-state index in [9.17, 15) is 4.79 Å². The number of allylic oxidation sites excluding steroid dienone is 1. The summed E-state index contributed by atoms with van der Waals surface area (Å²) in [6.07, 6.45) is 2.42. The van der Waals surface area contributed by atoms with E-state index in [0.717, 1.165) is 5.69 Å². The lowest BCUT2D eigenvalue weighted by Gasteiger charge is -2.18. The zero-order chi connectivity index (χ0) is 13.1. The molecule has 0 saturated heterocycles. The highest BCUT2D eigenvalue weighted by atomic mass is 35.5. The summed E-state index contributed by atoms with van der Waals surface area (Å²) in [6.45, 7) is 9.16. The number of amides is 1. The molecule has 0 saturated carbocycles. The average molecular weight is 253 g/mol. The van der Waals surface area contributed by atoms with Crippen LogP contribution in [0.5, 0.6) is 0 Å². The van der Waals surface area contributed by atoms with Crippen molar-refractivity contribution in [1.29, 1.82) is 0 Å². The van der Waals surface area contributed by atoms with Crippen LogP contribution in [0.2, 0.25) is 5.15 Å². The van der Waals surface area contributed by atoms with Gasteiger partial charge in [-0.15, -0.1) is 6.58 Å². The van der Waals surface area contributed by atoms with Crippen molar-refractivity contribution in [2.75, 3.05) is 5.32 Å². The van der Waals surface area contributed by atoms with Gasteiger partial charge in [0.05, 0.1) is 5.69 Å². The minimum atomic E-state index is -0.455. The van der Waals surface area contributed by atoms with E-state index in [1.54, 1.807) is 12.1 Å². The quantitative estimate of drug-likeness (QED) is 0.661. The van der Waals surface area contributed by atoms with Gasteiger partial charge >= 0.3 is 0 Å². The fourth-order valence-electron chi connectivity index (χ4n) is 1.14. The van der Waals surface area contributed by atoms with Crippen LogP contribution >= 0.6 is 11.6 Å². The van der Waals surface area contributed by atoms with E-state index in [4.69, 9.17) is 11.6 Å². The van der Waals surface area contributed by atoms with Gasteiger partial charge < -0.3 is 5.32 Å². The van der Waals surface area contributed by atoms with Crippen molar-refractivity contribution in [1.82, 2.24) is 4.98 Å². The van der Waals surface area contributed by atoms with E-state index in [1.165, 1.54) is 0 Å². The van der Waals surface area contributed by atoms with Crippen molar-refractivity contribution in [2.45, 2.75) is 27.2 Å². The van der Waals surface area contributed by atoms with Crippen LogP contribution in [-0.2, 0) is 11.2 Å². The summed E-state index contributed by atoms with van der Waals surface area (Å²) in [5.74, 6) is -0.0855. The van der Waals surface area contributed by atoms with Crippen molar-refractivity contribution in [2.24, 2.45) is 5.41 Å². The Bertz CT molecular complexity index is 436. The molecule has 0 atom stereocenters. The predicted octanol–water partition coefficient (Wildman–Crippen LogP) is 3.45. The third-order valence-electron chi connectivity index (χ3n) is 2.19. The molecule has 0 aromatic carbocycles. The summed E-state index contributed by atoms with van der Waals surface area (Å²) >= 11 is 6.00. The second-order valence-electron chi connectivity index (χ2n) is 4.84. The molecule has 92 valence electrons. The summed E-state index contributed by atoms with van der Waals surface area (Å²) in [4.78, 5) is 16.0. The number of halogens is 1. The van der Waals surface area contributed by atoms with Crippen molar-refractivity contribution >= 4 is 23.2 Å². The van der Waals surface area contributed by atoms with Crippen LogP contribution in [0.3, 0.4) is 0 Å². The molecule has 1 aromatic heterocycles. The molecule has 0 aliphatic carbocycles. The maximum absolute atomic E-state index is 11.8. The predicted molar refractivity (Wildman–Crippen MR) is 71.2 cm³/mol. The van der Waals surface area contributed by atoms with E-state index in [0.29, 0.717) is 17.3 Å². The third kappa shape index (κ3) is 3.86. The van der Waals surface area contributed by atoms with Crippen LogP contribution in [0.1, 0.15) is 26.5 Å². The minimum absolute atomic E-state index is 0.0855. The van der Waals surface area contributed by atoms with Gasteiger partial charge in [-0.3, -0.25) is 4.79 Å². The lowest BCUT2D eigenvalue weighted by Crippen LogP contribution is -2.27. The number of anilines is 1. The van der Waals surface area contributed by atoms with E-state index >= 15 is 0 Å². The highest BCUT2D eigenvalue weighted by molar-refractivity contribution is 6.32. The van der Waals surface area contributed by atoms with Crippen LogP contribution in [0.4, 0.5) is 5.69 Å². The Balaban J connectivity index is 2.86. The number of carbonyl (C=O) groups is 1. The standard InChI is InChI=1S/C13H17ClN2O/c1-5-6-9-7-8-10(11(14)15-9)16-12(17)13(2,3)4/h5,7-8H,1,6H2,2-4H3,(H,16,17). The topological polar surface area (TPSA) is 42.0 Å². The maximum atomic E-state index is 11.8. The van der Waals surface area contributed by atoms with Crippen LogP contribution in [0, 0.1) is 5.41 Å². The normalized spacial score (nSPS) is 11.1. The number of rotatable bonds is 3. The molecule has 0 aliphatic heterocycles. The summed E-state index contributed by atoms with van der Waals surface area (Å²) in [7, 11) is 0. The Morgan fingerprint density at radius 1 is 1.53 bits per heavy atom. The number of nitrogens with one attached hydrogen (secondary N) is 1. The summed E-state index contributed by atoms with van der Waals surface area (Å²) < 4.78 is 0. The van der Waals surface area contributed by atoms with Crippen molar-refractivity contribution in [3.05, 3.63) is 35.6 Å². The van der Waals surface area contributed by atoms with Crippen LogP contribution in [0.25, 0.3) is 0 Å². The van der Waals surface area contributed by atoms with Crippen molar-refractivity contribution in [3.8, 4) is 0 Å². The number of hydrogen-bond acceptors (Lipinski definition) is 2. The van der Waals surface area contributed by atoms with Gasteiger partial charge in [-0.2, -0.15) is 0 Å². The molecule has 1 heterocycles. The molecule has 1 amide bonds. The average Bonchev–Trinajstić information content (AvgIpc) is 2.21. The number of aromatic nitrogens is 1. The Labute approximate surface area is 107 Å². The number of hydrogen-bond donors (Lipinski definition) is 1. The fraction of sp³-hybridized carbons (Fsp3) is 0.385. The van der Waals surface area contributed by atoms with E-state index in [-0.39, 0.29) is 5.91 Å². The fourth-order valence-corrected chi connectivity index (χ4v) is 1.36. The van der Waals surface area contributed by atoms with Gasteiger partial charge in [-0.05, 0) is 12.1 Å². The third-order valence-corrected chi connectivity index (χ3v) is 2.48. The zero-order valence-corrected chi connectivity index (χ0v) is 11.1. The van der Waals surface area contributed by atoms with Gasteiger partial charge in [0.2, 0.25) is 5.91 Å². The smallest absolute Gasteiger partial charge is 0.229 e. The molecule has 0 bridgehead atoms. The van der Waals surface area contributed by atoms with E-state index < -0.39 is 5.41 Å². The molecular weight excluding hydrogens is 236 g/mol. The monoisotopic (exact) mass is 252 g/mol. The number of carbonyl (C=O) groups excluding carboxylic acids is 1. The summed E-state index contributed by atoms with van der Waals surface area (Å²) in [6, 6.07) is 3.59. The lowest BCUT2D eigenvalue weighted by molar-refractivity contribution is -0.123. The molecular formula is C13H17ClN2O. The molecule has 0 spiro atoms. The number of pyridine rings is 1. The van der Waals surface area contributed by atoms with Crippen LogP contribution in [-0.4, -0.2) is 10.9 Å². The van der Waals surface area contributed by atoms with Gasteiger partial charge in [-0.1, -0.05) is 38.4 Å². The molecule has 0 fully saturated rings. The summed E-state index contributed by atoms with van der Waals surface area (Å²) in [5.41, 5.74) is 0.918. The van der Waals surface area contributed by atoms with Gasteiger partial charge in [-0.25, -0.2) is 4.98 Å². The Kier molecular flexibility index (Phi) is 4.29. The molecule has 0 unspecified atom stereocenters. The van der Waals surface area contributed by atoms with Gasteiger partial charge in [0.25, 0.3) is 0 Å². The molecule has 0 aliphatic rings. The second kappa shape index (κ2) is 5.32. The Morgan fingerprint density at radius 2 is 2.18 bits per heavy atom. The molecule has 1 aromatic rings. The summed E-state index contributed by atoms with van der Waals surface area (Å²) in [5, 5.41) is 3.07. The first kappa shape index (κ1) is 13.7. The largest absolute Gasteiger partial charge is 0.323 e. The number of nitrogens with zero attached hydrogens (tertiary/aromatic N) is 1. The maximum Gasteiger partial charge on any atom is 0.229 e. The first-order chi connectivity index (χ1) is 7.84. The first-order valence-electron chi connectivity index (χ1n) is 5.42. The molecule has 3 nitrogen and oxygen atoms in total. The minimum Gasteiger partial charge on any atom is -0.323 e. The zero-order valence-electron chi connectivity index (χ0n) is 10.4. The molecule has 1 N–H and O–H groups in total. The Hall–Kier alpha value is -1.35. The first-order valence-corrected chi connectivity index (χ1v) is 5.80. The Morgan fingerprint density at radius 3 is 2.65 bits per heavy atom. The van der Waals surface area contributed by atoms with Crippen molar-refractivity contribution in [3.63, 3.8) is 0 Å². The lowest BCUT2D eigenvalue weighted by atomic mass is 9.95. The SMILES string of the molecule is C=CCc1ccc(NC(=O)C(C)(C)C)c(Cl)n1. The second-order valence-corrected chi connectivity index (χ2v) is 5.20. The van der Waals surface area contributed by atoms with Gasteiger partial charge in [0.1, 0.15) is 0 Å². The molecule has 4 heteroatoms. The molecule has 17 heavy (non-hydrogen) atoms. The van der Waals surface area contributed by atoms with Gasteiger partial charge in [0, 0.05) is 17.5 Å². The molecule has 1 rings (SSSR count). The van der Waals surface area contributed by atoms with E-state index in [1.807, 2.05) is 26.8 Å². The van der Waals surface area contributed by atoms with Crippen LogP contribution < -0.4 is 5.32 Å².